The van der Waals surface area contributed by atoms with Gasteiger partial charge >= 0.3 is 0 Å². The van der Waals surface area contributed by atoms with Crippen LogP contribution in [0, 0.1) is 12.7 Å². The molecule has 8 heteroatoms. The number of benzene rings is 1. The van der Waals surface area contributed by atoms with Gasteiger partial charge in [-0.05, 0) is 24.6 Å². The first kappa shape index (κ1) is 16.2. The molecule has 1 aromatic rings. The van der Waals surface area contributed by atoms with Crippen LogP contribution in [0.1, 0.15) is 12.0 Å². The Balaban J connectivity index is 2.23. The Labute approximate surface area is 123 Å². The Morgan fingerprint density at radius 3 is 2.81 bits per heavy atom. The second-order valence-corrected chi connectivity index (χ2v) is 6.90. The molecule has 0 aromatic heterocycles. The molecule has 1 unspecified atom stereocenters. The van der Waals surface area contributed by atoms with Crippen molar-refractivity contribution < 1.29 is 22.3 Å². The second kappa shape index (κ2) is 5.88. The molecule has 1 fully saturated rings. The van der Waals surface area contributed by atoms with Gasteiger partial charge in [0.1, 0.15) is 16.3 Å². The number of nitrogens with one attached hydrogen (secondary N) is 1. The van der Waals surface area contributed by atoms with Crippen LogP contribution in [0.5, 0.6) is 0 Å². The van der Waals surface area contributed by atoms with E-state index in [4.69, 9.17) is 15.2 Å². The van der Waals surface area contributed by atoms with Gasteiger partial charge in [-0.25, -0.2) is 17.5 Å². The number of ether oxygens (including phenoxy) is 2. The topological polar surface area (TPSA) is 90.7 Å². The van der Waals surface area contributed by atoms with Crippen LogP contribution in [0.25, 0.3) is 0 Å². The van der Waals surface area contributed by atoms with Crippen LogP contribution in [0.2, 0.25) is 0 Å². The summed E-state index contributed by atoms with van der Waals surface area (Å²) in [5, 5.41) is 0. The second-order valence-electron chi connectivity index (χ2n) is 5.16. The van der Waals surface area contributed by atoms with E-state index in [-0.39, 0.29) is 17.8 Å². The minimum absolute atomic E-state index is 0.0130. The highest BCUT2D eigenvalue weighted by Crippen LogP contribution is 2.24. The van der Waals surface area contributed by atoms with Crippen LogP contribution >= 0.6 is 0 Å². The summed E-state index contributed by atoms with van der Waals surface area (Å²) in [4.78, 5) is -0.454. The average molecular weight is 318 g/mol. The molecule has 2 rings (SSSR count). The van der Waals surface area contributed by atoms with Gasteiger partial charge in [-0.15, -0.1) is 0 Å². The standard InChI is InChI=1S/C13H19FN2O4S/c1-9-5-10(15)6-11(12(9)14)21(17,18)16-7-13(19-2)3-4-20-8-13/h5-6,16H,3-4,7-8,15H2,1-2H3. The third kappa shape index (κ3) is 3.34. The summed E-state index contributed by atoms with van der Waals surface area (Å²) in [5.41, 5.74) is 5.26. The number of nitrogens with two attached hydrogens (primary N) is 1. The van der Waals surface area contributed by atoms with Crippen molar-refractivity contribution in [1.82, 2.24) is 4.72 Å². The molecule has 0 saturated carbocycles. The summed E-state index contributed by atoms with van der Waals surface area (Å²) in [6.45, 7) is 2.27. The number of hydrogen-bond donors (Lipinski definition) is 2. The fraction of sp³-hybridized carbons (Fsp3) is 0.538. The summed E-state index contributed by atoms with van der Waals surface area (Å²) in [6.07, 6.45) is 0.574. The molecule has 3 N–H and O–H groups in total. The maximum absolute atomic E-state index is 14.0. The van der Waals surface area contributed by atoms with Crippen molar-refractivity contribution >= 4 is 15.7 Å². The number of methoxy groups -OCH3 is 1. The fourth-order valence-corrected chi connectivity index (χ4v) is 3.52. The van der Waals surface area contributed by atoms with Crippen molar-refractivity contribution in [2.75, 3.05) is 32.6 Å². The number of hydrogen-bond acceptors (Lipinski definition) is 5. The number of nitrogen functional groups attached to an aromatic ring is 1. The predicted octanol–water partition coefficient (Wildman–Crippen LogP) is 0.800. The first-order chi connectivity index (χ1) is 9.80. The number of aryl methyl sites for hydroxylation is 1. The van der Waals surface area contributed by atoms with E-state index < -0.39 is 26.3 Å². The van der Waals surface area contributed by atoms with Crippen LogP contribution in [0.4, 0.5) is 10.1 Å². The minimum atomic E-state index is -4.01. The van der Waals surface area contributed by atoms with Crippen molar-refractivity contribution in [2.24, 2.45) is 0 Å². The lowest BCUT2D eigenvalue weighted by Gasteiger charge is -2.25. The van der Waals surface area contributed by atoms with E-state index >= 15 is 0 Å². The molecular weight excluding hydrogens is 299 g/mol. The Bertz CT molecular complexity index is 627. The van der Waals surface area contributed by atoms with Gasteiger partial charge in [-0.1, -0.05) is 0 Å². The predicted molar refractivity (Wildman–Crippen MR) is 75.9 cm³/mol. The zero-order valence-corrected chi connectivity index (χ0v) is 12.8. The van der Waals surface area contributed by atoms with E-state index in [0.29, 0.717) is 19.6 Å². The highest BCUT2D eigenvalue weighted by Gasteiger charge is 2.36. The molecule has 0 radical (unpaired) electrons. The van der Waals surface area contributed by atoms with Crippen molar-refractivity contribution in [2.45, 2.75) is 23.8 Å². The summed E-state index contributed by atoms with van der Waals surface area (Å²) in [5.74, 6) is -0.800. The molecule has 1 heterocycles. The Morgan fingerprint density at radius 2 is 2.24 bits per heavy atom. The number of anilines is 1. The van der Waals surface area contributed by atoms with Crippen molar-refractivity contribution in [3.8, 4) is 0 Å². The lowest BCUT2D eigenvalue weighted by Crippen LogP contribution is -2.45. The molecule has 6 nitrogen and oxygen atoms in total. The van der Waals surface area contributed by atoms with Gasteiger partial charge in [-0.3, -0.25) is 0 Å². The van der Waals surface area contributed by atoms with Crippen LogP contribution < -0.4 is 10.5 Å². The Morgan fingerprint density at radius 1 is 1.52 bits per heavy atom. The molecular formula is C13H19FN2O4S. The van der Waals surface area contributed by atoms with E-state index in [1.54, 1.807) is 0 Å². The SMILES string of the molecule is COC1(CNS(=O)(=O)c2cc(N)cc(C)c2F)CCOC1. The smallest absolute Gasteiger partial charge is 0.243 e. The number of sulfonamides is 1. The molecule has 1 atom stereocenters. The minimum Gasteiger partial charge on any atom is -0.399 e. The molecule has 0 bridgehead atoms. The van der Waals surface area contributed by atoms with Gasteiger partial charge in [0.25, 0.3) is 0 Å². The lowest BCUT2D eigenvalue weighted by atomic mass is 10.0. The zero-order valence-electron chi connectivity index (χ0n) is 12.0. The van der Waals surface area contributed by atoms with Crippen molar-refractivity contribution in [3.63, 3.8) is 0 Å². The monoisotopic (exact) mass is 318 g/mol. The Kier molecular flexibility index (Phi) is 4.52. The Hall–Kier alpha value is -1.22. The third-order valence-corrected chi connectivity index (χ3v) is 5.02. The zero-order chi connectivity index (χ0) is 15.7. The lowest BCUT2D eigenvalue weighted by molar-refractivity contribution is -0.0120. The number of halogens is 1. The molecule has 118 valence electrons. The quantitative estimate of drug-likeness (QED) is 0.784. The summed E-state index contributed by atoms with van der Waals surface area (Å²) in [7, 11) is -2.52. The maximum Gasteiger partial charge on any atom is 0.243 e. The summed E-state index contributed by atoms with van der Waals surface area (Å²) < 4.78 is 51.5. The molecule has 0 spiro atoms. The summed E-state index contributed by atoms with van der Waals surface area (Å²) >= 11 is 0. The molecule has 0 amide bonds. The largest absolute Gasteiger partial charge is 0.399 e. The highest BCUT2D eigenvalue weighted by atomic mass is 32.2. The van der Waals surface area contributed by atoms with Gasteiger partial charge in [0.15, 0.2) is 0 Å². The normalized spacial score (nSPS) is 22.6. The van der Waals surface area contributed by atoms with E-state index in [0.717, 1.165) is 6.07 Å². The van der Waals surface area contributed by atoms with Crippen LogP contribution in [-0.4, -0.2) is 40.9 Å². The van der Waals surface area contributed by atoms with Crippen molar-refractivity contribution in [1.29, 1.82) is 0 Å². The first-order valence-corrected chi connectivity index (χ1v) is 7.96. The average Bonchev–Trinajstić information content (AvgIpc) is 2.90. The molecule has 21 heavy (non-hydrogen) atoms. The number of rotatable bonds is 5. The van der Waals surface area contributed by atoms with Crippen LogP contribution in [-0.2, 0) is 19.5 Å². The molecule has 1 aliphatic heterocycles. The van der Waals surface area contributed by atoms with Gasteiger partial charge < -0.3 is 15.2 Å². The van der Waals surface area contributed by atoms with Gasteiger partial charge in [-0.2, -0.15) is 0 Å². The molecule has 1 aromatic carbocycles. The van der Waals surface area contributed by atoms with E-state index in [2.05, 4.69) is 4.72 Å². The third-order valence-electron chi connectivity index (χ3n) is 3.62. The molecule has 1 aliphatic rings. The summed E-state index contributed by atoms with van der Waals surface area (Å²) in [6, 6.07) is 2.49. The van der Waals surface area contributed by atoms with Crippen LogP contribution in [0.3, 0.4) is 0 Å². The maximum atomic E-state index is 14.0. The fourth-order valence-electron chi connectivity index (χ4n) is 2.23. The molecule has 1 saturated heterocycles. The van der Waals surface area contributed by atoms with E-state index in [1.807, 2.05) is 0 Å². The van der Waals surface area contributed by atoms with Gasteiger partial charge in [0.05, 0.1) is 6.61 Å². The van der Waals surface area contributed by atoms with E-state index in [1.165, 1.54) is 20.1 Å². The van der Waals surface area contributed by atoms with Gasteiger partial charge in [0, 0.05) is 32.4 Å². The molecule has 0 aliphatic carbocycles. The van der Waals surface area contributed by atoms with E-state index in [9.17, 15) is 12.8 Å². The van der Waals surface area contributed by atoms with Gasteiger partial charge in [0.2, 0.25) is 10.0 Å². The highest BCUT2D eigenvalue weighted by molar-refractivity contribution is 7.89. The van der Waals surface area contributed by atoms with Crippen LogP contribution in [0.15, 0.2) is 17.0 Å². The first-order valence-electron chi connectivity index (χ1n) is 6.48. The van der Waals surface area contributed by atoms with Crippen molar-refractivity contribution in [3.05, 3.63) is 23.5 Å².